The van der Waals surface area contributed by atoms with E-state index in [1.807, 2.05) is 24.3 Å². The Kier molecular flexibility index (Phi) is 8.50. The molecule has 0 aliphatic rings. The Morgan fingerprint density at radius 3 is 2.07 bits per heavy atom. The number of carbonyl (C=O) groups is 2. The minimum Gasteiger partial charge on any atom is -0.497 e. The highest BCUT2D eigenvalue weighted by Gasteiger charge is 2.35. The van der Waals surface area contributed by atoms with Crippen molar-refractivity contribution in [1.29, 1.82) is 0 Å². The number of nitrogens with one attached hydrogen (secondary N) is 1. The van der Waals surface area contributed by atoms with Crippen LogP contribution in [0, 0.1) is 5.92 Å². The second-order valence-corrected chi connectivity index (χ2v) is 8.82. The van der Waals surface area contributed by atoms with Crippen LogP contribution in [0.2, 0.25) is 0 Å². The maximum Gasteiger partial charge on any atom is 0.408 e. The molecule has 0 bridgehead atoms. The molecule has 0 saturated carbocycles. The van der Waals surface area contributed by atoms with E-state index in [2.05, 4.69) is 5.32 Å². The van der Waals surface area contributed by atoms with Gasteiger partial charge in [0.1, 0.15) is 23.5 Å². The third kappa shape index (κ3) is 8.73. The first-order chi connectivity index (χ1) is 13.2. The van der Waals surface area contributed by atoms with Crippen LogP contribution in [0.3, 0.4) is 0 Å². The van der Waals surface area contributed by atoms with E-state index in [4.69, 9.17) is 14.2 Å². The molecule has 3 atom stereocenters. The van der Waals surface area contributed by atoms with Crippen molar-refractivity contribution < 1.29 is 28.9 Å². The van der Waals surface area contributed by atoms with Crippen LogP contribution in [0.4, 0.5) is 4.79 Å². The van der Waals surface area contributed by atoms with Crippen LogP contribution in [0.15, 0.2) is 24.3 Å². The number of amides is 1. The van der Waals surface area contributed by atoms with E-state index in [9.17, 15) is 14.7 Å². The molecule has 1 aromatic carbocycles. The zero-order valence-corrected chi connectivity index (χ0v) is 18.7. The van der Waals surface area contributed by atoms with Crippen LogP contribution in [0.5, 0.6) is 5.75 Å². The summed E-state index contributed by atoms with van der Waals surface area (Å²) in [7, 11) is 1.60. The van der Waals surface area contributed by atoms with Gasteiger partial charge in [-0.3, -0.25) is 0 Å². The Bertz CT molecular complexity index is 672. The topological polar surface area (TPSA) is 94.1 Å². The van der Waals surface area contributed by atoms with Gasteiger partial charge in [0.25, 0.3) is 0 Å². The molecule has 0 spiro atoms. The van der Waals surface area contributed by atoms with Crippen molar-refractivity contribution in [2.75, 3.05) is 7.11 Å². The smallest absolute Gasteiger partial charge is 0.408 e. The molecule has 7 heteroatoms. The van der Waals surface area contributed by atoms with Gasteiger partial charge in [-0.15, -0.1) is 0 Å². The average Bonchev–Trinajstić information content (AvgIpc) is 2.57. The number of rotatable bonds is 8. The number of hydrogen-bond donors (Lipinski definition) is 2. The minimum absolute atomic E-state index is 0.353. The Hall–Kier alpha value is -2.28. The highest BCUT2D eigenvalue weighted by atomic mass is 16.6. The monoisotopic (exact) mass is 409 g/mol. The normalized spacial score (nSPS) is 15.1. The van der Waals surface area contributed by atoms with E-state index in [0.717, 1.165) is 11.3 Å². The number of esters is 1. The van der Waals surface area contributed by atoms with Gasteiger partial charge in [-0.2, -0.15) is 0 Å². The molecule has 1 rings (SSSR count). The van der Waals surface area contributed by atoms with Gasteiger partial charge in [0.05, 0.1) is 12.7 Å². The molecule has 29 heavy (non-hydrogen) atoms. The van der Waals surface area contributed by atoms with Gasteiger partial charge in [-0.25, -0.2) is 9.59 Å². The molecule has 0 aromatic heterocycles. The molecule has 0 saturated heterocycles. The molecule has 0 radical (unpaired) electrons. The standard InChI is InChI=1S/C22H35NO6/c1-14(23-20(25)29-21(3,4)5)19(24)28-15(2)18(22(6,7)26)13-16-9-11-17(27-8)12-10-16/h9-12,14-15,18,26H,13H2,1-8H3,(H,23,25)/t14-,15-,18-/m0/s1. The Morgan fingerprint density at radius 1 is 1.07 bits per heavy atom. The van der Waals surface area contributed by atoms with Crippen LogP contribution >= 0.6 is 0 Å². The van der Waals surface area contributed by atoms with Crippen LogP contribution in [0.25, 0.3) is 0 Å². The maximum absolute atomic E-state index is 12.4. The van der Waals surface area contributed by atoms with Crippen LogP contribution in [0.1, 0.15) is 54.0 Å². The zero-order chi connectivity index (χ0) is 22.4. The van der Waals surface area contributed by atoms with Gasteiger partial charge in [0.15, 0.2) is 0 Å². The minimum atomic E-state index is -1.08. The molecule has 164 valence electrons. The molecule has 0 aliphatic carbocycles. The van der Waals surface area contributed by atoms with Crippen molar-refractivity contribution in [2.24, 2.45) is 5.92 Å². The summed E-state index contributed by atoms with van der Waals surface area (Å²) in [6.45, 7) is 11.9. The van der Waals surface area contributed by atoms with Gasteiger partial charge < -0.3 is 24.6 Å². The number of hydrogen-bond acceptors (Lipinski definition) is 6. The van der Waals surface area contributed by atoms with Crippen molar-refractivity contribution in [3.63, 3.8) is 0 Å². The molecule has 0 unspecified atom stereocenters. The summed E-state index contributed by atoms with van der Waals surface area (Å²) < 4.78 is 15.9. The third-order valence-electron chi connectivity index (χ3n) is 4.48. The fourth-order valence-electron chi connectivity index (χ4n) is 2.92. The average molecular weight is 410 g/mol. The maximum atomic E-state index is 12.4. The van der Waals surface area contributed by atoms with Crippen molar-refractivity contribution in [3.8, 4) is 5.75 Å². The number of alkyl carbamates (subject to hydrolysis) is 1. The summed E-state index contributed by atoms with van der Waals surface area (Å²) in [4.78, 5) is 24.3. The van der Waals surface area contributed by atoms with Crippen molar-refractivity contribution in [3.05, 3.63) is 29.8 Å². The fourth-order valence-corrected chi connectivity index (χ4v) is 2.92. The SMILES string of the molecule is COc1ccc(C[C@@H]([C@H](C)OC(=O)[C@H](C)NC(=O)OC(C)(C)C)C(C)(C)O)cc1. The van der Waals surface area contributed by atoms with Crippen molar-refractivity contribution in [2.45, 2.75) is 78.2 Å². The summed E-state index contributed by atoms with van der Waals surface area (Å²) in [5, 5.41) is 13.1. The van der Waals surface area contributed by atoms with Crippen molar-refractivity contribution >= 4 is 12.1 Å². The molecule has 1 aromatic rings. The van der Waals surface area contributed by atoms with Crippen LogP contribution in [-0.2, 0) is 20.7 Å². The highest BCUT2D eigenvalue weighted by molar-refractivity contribution is 5.81. The highest BCUT2D eigenvalue weighted by Crippen LogP contribution is 2.27. The van der Waals surface area contributed by atoms with Gasteiger partial charge in [-0.05, 0) is 72.6 Å². The zero-order valence-electron chi connectivity index (χ0n) is 18.7. The lowest BCUT2D eigenvalue weighted by Crippen LogP contribution is -2.46. The Morgan fingerprint density at radius 2 is 1.62 bits per heavy atom. The van der Waals surface area contributed by atoms with Crippen LogP contribution in [-0.4, -0.2) is 47.6 Å². The fraction of sp³-hybridized carbons (Fsp3) is 0.636. The van der Waals surface area contributed by atoms with Gasteiger partial charge in [0, 0.05) is 5.92 Å². The van der Waals surface area contributed by atoms with Gasteiger partial charge in [0.2, 0.25) is 0 Å². The first kappa shape index (κ1) is 24.8. The second-order valence-electron chi connectivity index (χ2n) is 8.82. The predicted octanol–water partition coefficient (Wildman–Crippen LogP) is 3.47. The molecule has 0 heterocycles. The van der Waals surface area contributed by atoms with E-state index >= 15 is 0 Å². The molecule has 2 N–H and O–H groups in total. The molecular weight excluding hydrogens is 374 g/mol. The van der Waals surface area contributed by atoms with Gasteiger partial charge in [-0.1, -0.05) is 12.1 Å². The summed E-state index contributed by atoms with van der Waals surface area (Å²) in [6.07, 6.45) is -0.755. The summed E-state index contributed by atoms with van der Waals surface area (Å²) >= 11 is 0. The van der Waals surface area contributed by atoms with E-state index < -0.39 is 35.4 Å². The van der Waals surface area contributed by atoms with E-state index in [1.165, 1.54) is 6.92 Å². The lowest BCUT2D eigenvalue weighted by molar-refractivity contribution is -0.157. The molecule has 0 fully saturated rings. The van der Waals surface area contributed by atoms with Crippen molar-refractivity contribution in [1.82, 2.24) is 5.32 Å². The number of carbonyl (C=O) groups excluding carboxylic acids is 2. The quantitative estimate of drug-likeness (QED) is 0.639. The number of benzene rings is 1. The van der Waals surface area contributed by atoms with E-state index in [-0.39, 0.29) is 5.92 Å². The first-order valence-corrected chi connectivity index (χ1v) is 9.78. The van der Waals surface area contributed by atoms with Gasteiger partial charge >= 0.3 is 12.1 Å². The number of aliphatic hydroxyl groups is 1. The second kappa shape index (κ2) is 9.96. The molecule has 1 amide bonds. The predicted molar refractivity (Wildman–Crippen MR) is 111 cm³/mol. The Labute approximate surface area is 173 Å². The first-order valence-electron chi connectivity index (χ1n) is 9.78. The number of ether oxygens (including phenoxy) is 3. The summed E-state index contributed by atoms with van der Waals surface area (Å²) in [5.74, 6) is -0.198. The molecule has 7 nitrogen and oxygen atoms in total. The summed E-state index contributed by atoms with van der Waals surface area (Å²) in [5.41, 5.74) is -0.756. The largest absolute Gasteiger partial charge is 0.497 e. The lowest BCUT2D eigenvalue weighted by Gasteiger charge is -2.34. The molecular formula is C22H35NO6. The Balaban J connectivity index is 2.77. The van der Waals surface area contributed by atoms with E-state index in [0.29, 0.717) is 6.42 Å². The third-order valence-corrected chi connectivity index (χ3v) is 4.48. The van der Waals surface area contributed by atoms with Crippen LogP contribution < -0.4 is 10.1 Å². The molecule has 0 aliphatic heterocycles. The number of methoxy groups -OCH3 is 1. The van der Waals surface area contributed by atoms with E-state index in [1.54, 1.807) is 48.7 Å². The lowest BCUT2D eigenvalue weighted by atomic mass is 9.82. The summed E-state index contributed by atoms with van der Waals surface area (Å²) in [6, 6.07) is 6.65.